The van der Waals surface area contributed by atoms with Crippen molar-refractivity contribution in [3.05, 3.63) is 17.3 Å². The van der Waals surface area contributed by atoms with Crippen molar-refractivity contribution in [1.29, 1.82) is 0 Å². The molecule has 0 radical (unpaired) electrons. The number of halogens is 1. The first-order chi connectivity index (χ1) is 10.2. The van der Waals surface area contributed by atoms with Crippen LogP contribution in [0.1, 0.15) is 45.0 Å². The Morgan fingerprint density at radius 2 is 1.96 bits per heavy atom. The first-order valence-corrected chi connectivity index (χ1v) is 7.38. The maximum Gasteiger partial charge on any atom is 0.325 e. The minimum Gasteiger partial charge on any atom is -0.459 e. The van der Waals surface area contributed by atoms with E-state index >= 15 is 0 Å². The zero-order valence-electron chi connectivity index (χ0n) is 14.6. The summed E-state index contributed by atoms with van der Waals surface area (Å²) in [5, 5.41) is 5.98. The van der Waals surface area contributed by atoms with E-state index in [1.54, 1.807) is 0 Å². The molecular formula is C15H27IN4O3. The van der Waals surface area contributed by atoms with E-state index in [0.717, 1.165) is 11.5 Å². The third-order valence-electron chi connectivity index (χ3n) is 2.61. The Morgan fingerprint density at radius 1 is 1.30 bits per heavy atom. The summed E-state index contributed by atoms with van der Waals surface area (Å²) in [6, 6.07) is 0. The molecule has 0 amide bonds. The summed E-state index contributed by atoms with van der Waals surface area (Å²) in [4.78, 5) is 20.3. The lowest BCUT2D eigenvalue weighted by molar-refractivity contribution is -0.153. The summed E-state index contributed by atoms with van der Waals surface area (Å²) in [6.45, 7) is 12.2. The molecule has 1 rings (SSSR count). The third-order valence-corrected chi connectivity index (χ3v) is 2.61. The Labute approximate surface area is 154 Å². The molecule has 23 heavy (non-hydrogen) atoms. The maximum absolute atomic E-state index is 11.7. The van der Waals surface area contributed by atoms with E-state index in [-0.39, 0.29) is 36.5 Å². The fourth-order valence-electron chi connectivity index (χ4n) is 1.63. The number of rotatable bonds is 5. The number of nitrogens with one attached hydrogen (secondary N) is 2. The van der Waals surface area contributed by atoms with Gasteiger partial charge in [0.1, 0.15) is 24.5 Å². The second-order valence-electron chi connectivity index (χ2n) is 5.88. The first-order valence-electron chi connectivity index (χ1n) is 7.38. The minimum absolute atomic E-state index is 0. The monoisotopic (exact) mass is 438 g/mol. The second-order valence-corrected chi connectivity index (χ2v) is 5.88. The number of carbonyl (C=O) groups excluding carboxylic acids is 1. The van der Waals surface area contributed by atoms with Crippen molar-refractivity contribution < 1.29 is 13.9 Å². The lowest BCUT2D eigenvalue weighted by atomic mass is 10.2. The van der Waals surface area contributed by atoms with Crippen molar-refractivity contribution in [3.63, 3.8) is 0 Å². The van der Waals surface area contributed by atoms with Crippen LogP contribution in [-0.2, 0) is 16.1 Å². The number of esters is 1. The number of carbonyl (C=O) groups is 1. The van der Waals surface area contributed by atoms with Gasteiger partial charge in [0.2, 0.25) is 5.89 Å². The van der Waals surface area contributed by atoms with Crippen LogP contribution in [0.5, 0.6) is 0 Å². The molecular weight excluding hydrogens is 411 g/mol. The molecule has 0 bridgehead atoms. The zero-order chi connectivity index (χ0) is 16.8. The predicted molar refractivity (Wildman–Crippen MR) is 100 cm³/mol. The highest BCUT2D eigenvalue weighted by atomic mass is 127. The van der Waals surface area contributed by atoms with Crippen LogP contribution < -0.4 is 10.6 Å². The molecule has 1 aromatic rings. The standard InChI is InChI=1S/C15H26N4O3.HI/c1-7-16-14(18-9-13(20)22-15(4,5)6)17-8-12-19-10(2)11(3)21-12;/h7-9H2,1-6H3,(H2,16,17,18);1H. The van der Waals surface area contributed by atoms with Gasteiger partial charge in [-0.1, -0.05) is 0 Å². The number of aliphatic imine (C=N–C) groups is 1. The Balaban J connectivity index is 0.00000484. The molecule has 0 saturated heterocycles. The Hall–Kier alpha value is -1.32. The number of ether oxygens (including phenoxy) is 1. The number of oxazole rings is 1. The highest BCUT2D eigenvalue weighted by molar-refractivity contribution is 14.0. The smallest absolute Gasteiger partial charge is 0.325 e. The van der Waals surface area contributed by atoms with Gasteiger partial charge < -0.3 is 19.8 Å². The van der Waals surface area contributed by atoms with E-state index in [2.05, 4.69) is 20.6 Å². The van der Waals surface area contributed by atoms with Crippen LogP contribution in [0, 0.1) is 13.8 Å². The molecule has 0 spiro atoms. The summed E-state index contributed by atoms with van der Waals surface area (Å²) in [5.41, 5.74) is 0.360. The van der Waals surface area contributed by atoms with Crippen LogP contribution in [-0.4, -0.2) is 35.6 Å². The van der Waals surface area contributed by atoms with Crippen LogP contribution in [0.4, 0.5) is 0 Å². The van der Waals surface area contributed by atoms with E-state index in [0.29, 0.717) is 24.9 Å². The molecule has 0 saturated carbocycles. The van der Waals surface area contributed by atoms with Crippen molar-refractivity contribution in [2.75, 3.05) is 13.1 Å². The van der Waals surface area contributed by atoms with Gasteiger partial charge in [0.15, 0.2) is 5.96 Å². The maximum atomic E-state index is 11.7. The van der Waals surface area contributed by atoms with Crippen LogP contribution in [0.3, 0.4) is 0 Å². The number of guanidine groups is 1. The quantitative estimate of drug-likeness (QED) is 0.318. The summed E-state index contributed by atoms with van der Waals surface area (Å²) in [7, 11) is 0. The first kappa shape index (κ1) is 21.7. The summed E-state index contributed by atoms with van der Waals surface area (Å²) < 4.78 is 10.7. The van der Waals surface area contributed by atoms with Crippen molar-refractivity contribution in [2.45, 2.75) is 53.7 Å². The van der Waals surface area contributed by atoms with Gasteiger partial charge in [0.25, 0.3) is 0 Å². The molecule has 0 unspecified atom stereocenters. The molecule has 2 N–H and O–H groups in total. The molecule has 0 aliphatic rings. The van der Waals surface area contributed by atoms with Gasteiger partial charge in [0.05, 0.1) is 5.69 Å². The molecule has 7 nitrogen and oxygen atoms in total. The number of aryl methyl sites for hydroxylation is 2. The van der Waals surface area contributed by atoms with Gasteiger partial charge in [-0.2, -0.15) is 0 Å². The fourth-order valence-corrected chi connectivity index (χ4v) is 1.63. The molecule has 1 heterocycles. The van der Waals surface area contributed by atoms with Crippen molar-refractivity contribution in [3.8, 4) is 0 Å². The zero-order valence-corrected chi connectivity index (χ0v) is 17.0. The SMILES string of the molecule is CCNC(=NCc1nc(C)c(C)o1)NCC(=O)OC(C)(C)C.I. The highest BCUT2D eigenvalue weighted by Crippen LogP contribution is 2.09. The van der Waals surface area contributed by atoms with Crippen LogP contribution >= 0.6 is 24.0 Å². The van der Waals surface area contributed by atoms with E-state index < -0.39 is 5.60 Å². The predicted octanol–water partition coefficient (Wildman–Crippen LogP) is 2.31. The van der Waals surface area contributed by atoms with E-state index in [4.69, 9.17) is 9.15 Å². The highest BCUT2D eigenvalue weighted by Gasteiger charge is 2.16. The average molecular weight is 438 g/mol. The van der Waals surface area contributed by atoms with Crippen LogP contribution in [0.2, 0.25) is 0 Å². The van der Waals surface area contributed by atoms with Crippen LogP contribution in [0.25, 0.3) is 0 Å². The number of aromatic nitrogens is 1. The van der Waals surface area contributed by atoms with Crippen molar-refractivity contribution in [2.24, 2.45) is 4.99 Å². The summed E-state index contributed by atoms with van der Waals surface area (Å²) >= 11 is 0. The summed E-state index contributed by atoms with van der Waals surface area (Å²) in [6.07, 6.45) is 0. The lowest BCUT2D eigenvalue weighted by Gasteiger charge is -2.20. The third kappa shape index (κ3) is 8.77. The molecule has 8 heteroatoms. The molecule has 0 aliphatic heterocycles. The fraction of sp³-hybridized carbons (Fsp3) is 0.667. The van der Waals surface area contributed by atoms with Crippen molar-refractivity contribution >= 4 is 35.9 Å². The largest absolute Gasteiger partial charge is 0.459 e. The Bertz CT molecular complexity index is 516. The Morgan fingerprint density at radius 3 is 2.43 bits per heavy atom. The molecule has 0 atom stereocenters. The van der Waals surface area contributed by atoms with Crippen LogP contribution in [0.15, 0.2) is 9.41 Å². The topological polar surface area (TPSA) is 88.8 Å². The number of nitrogens with zero attached hydrogens (tertiary/aromatic N) is 2. The Kier molecular flexibility index (Phi) is 9.18. The average Bonchev–Trinajstić information content (AvgIpc) is 2.70. The second kappa shape index (κ2) is 9.74. The van der Waals surface area contributed by atoms with Gasteiger partial charge in [-0.25, -0.2) is 9.98 Å². The lowest BCUT2D eigenvalue weighted by Crippen LogP contribution is -2.41. The molecule has 1 aromatic heterocycles. The van der Waals surface area contributed by atoms with E-state index in [1.165, 1.54) is 0 Å². The normalized spacial score (nSPS) is 11.7. The van der Waals surface area contributed by atoms with Gasteiger partial charge >= 0.3 is 5.97 Å². The van der Waals surface area contributed by atoms with Gasteiger partial charge in [-0.15, -0.1) is 24.0 Å². The van der Waals surface area contributed by atoms with Gasteiger partial charge in [-0.3, -0.25) is 4.79 Å². The summed E-state index contributed by atoms with van der Waals surface area (Å²) in [5.74, 6) is 1.52. The minimum atomic E-state index is -0.499. The molecule has 0 aromatic carbocycles. The van der Waals surface area contributed by atoms with E-state index in [9.17, 15) is 4.79 Å². The van der Waals surface area contributed by atoms with Gasteiger partial charge in [-0.05, 0) is 41.5 Å². The number of hydrogen-bond donors (Lipinski definition) is 2. The molecule has 0 aliphatic carbocycles. The van der Waals surface area contributed by atoms with Gasteiger partial charge in [0, 0.05) is 6.54 Å². The van der Waals surface area contributed by atoms with E-state index in [1.807, 2.05) is 41.5 Å². The number of hydrogen-bond acceptors (Lipinski definition) is 5. The molecule has 0 fully saturated rings. The van der Waals surface area contributed by atoms with Crippen molar-refractivity contribution in [1.82, 2.24) is 15.6 Å². The molecule has 132 valence electrons.